The van der Waals surface area contributed by atoms with E-state index in [0.29, 0.717) is 6.54 Å². The van der Waals surface area contributed by atoms with Crippen LogP contribution in [-0.4, -0.2) is 43.7 Å². The van der Waals surface area contributed by atoms with Gasteiger partial charge in [0.05, 0.1) is 6.42 Å². The molecule has 1 aliphatic heterocycles. The molecule has 1 aromatic heterocycles. The summed E-state index contributed by atoms with van der Waals surface area (Å²) in [6, 6.07) is 0. The van der Waals surface area contributed by atoms with Gasteiger partial charge in [-0.15, -0.1) is 0 Å². The number of aryl methyl sites for hydroxylation is 1. The van der Waals surface area contributed by atoms with E-state index in [2.05, 4.69) is 4.98 Å². The maximum atomic E-state index is 13.5. The number of aliphatic hydroxyl groups is 1. The highest BCUT2D eigenvalue weighted by Crippen LogP contribution is 2.48. The second kappa shape index (κ2) is 4.96. The Balaban J connectivity index is 2.31. The van der Waals surface area contributed by atoms with Crippen molar-refractivity contribution in [2.24, 2.45) is 12.5 Å². The first-order valence-corrected chi connectivity index (χ1v) is 7.31. The van der Waals surface area contributed by atoms with Gasteiger partial charge in [0.2, 0.25) is 11.5 Å². The van der Waals surface area contributed by atoms with E-state index in [-0.39, 0.29) is 5.41 Å². The molecule has 8 heteroatoms. The van der Waals surface area contributed by atoms with Crippen LogP contribution in [0.5, 0.6) is 0 Å². The maximum Gasteiger partial charge on any atom is 0.425 e. The number of rotatable bonds is 3. The van der Waals surface area contributed by atoms with Gasteiger partial charge in [0.25, 0.3) is 0 Å². The number of hydrogen-bond donors (Lipinski definition) is 1. The Labute approximate surface area is 133 Å². The highest BCUT2D eigenvalue weighted by atomic mass is 19.4. The van der Waals surface area contributed by atoms with Gasteiger partial charge in [-0.3, -0.25) is 4.79 Å². The lowest BCUT2D eigenvalue weighted by Crippen LogP contribution is -2.71. The second-order valence-electron chi connectivity index (χ2n) is 7.32. The molecule has 1 aromatic rings. The molecule has 1 aliphatic rings. The Hall–Kier alpha value is -1.57. The van der Waals surface area contributed by atoms with Crippen molar-refractivity contribution in [1.82, 2.24) is 14.5 Å². The molecule has 0 saturated carbocycles. The number of imidazole rings is 1. The van der Waals surface area contributed by atoms with Crippen LogP contribution in [0.1, 0.15) is 39.9 Å². The van der Waals surface area contributed by atoms with Gasteiger partial charge in [-0.1, -0.05) is 13.8 Å². The first-order chi connectivity index (χ1) is 10.2. The van der Waals surface area contributed by atoms with Gasteiger partial charge in [0.15, 0.2) is 5.82 Å². The van der Waals surface area contributed by atoms with E-state index >= 15 is 0 Å². The molecule has 2 rings (SSSR count). The molecule has 1 atom stereocenters. The third kappa shape index (κ3) is 2.52. The van der Waals surface area contributed by atoms with E-state index in [1.165, 1.54) is 18.1 Å². The number of carbonyl (C=O) groups excluding carboxylic acids is 1. The van der Waals surface area contributed by atoms with Crippen molar-refractivity contribution >= 4 is 5.91 Å². The minimum atomic E-state index is -5.01. The SMILES string of the molecule is Cn1ccnc1C(O)(CC(=O)N1CC(C)(C)C1(C)C)C(F)(F)F. The van der Waals surface area contributed by atoms with Gasteiger partial charge >= 0.3 is 6.18 Å². The molecule has 1 fully saturated rings. The average Bonchev–Trinajstić information content (AvgIpc) is 2.81. The van der Waals surface area contributed by atoms with E-state index in [1.54, 1.807) is 0 Å². The van der Waals surface area contributed by atoms with Crippen molar-refractivity contribution < 1.29 is 23.1 Å². The molecule has 0 aromatic carbocycles. The number of nitrogens with zero attached hydrogens (tertiary/aromatic N) is 3. The van der Waals surface area contributed by atoms with Gasteiger partial charge < -0.3 is 14.6 Å². The zero-order valence-electron chi connectivity index (χ0n) is 13.9. The Bertz CT molecular complexity index is 622. The lowest BCUT2D eigenvalue weighted by Gasteiger charge is -2.61. The number of hydrogen-bond acceptors (Lipinski definition) is 3. The average molecular weight is 333 g/mol. The zero-order chi connectivity index (χ0) is 17.8. The first-order valence-electron chi connectivity index (χ1n) is 7.31. The van der Waals surface area contributed by atoms with E-state index in [4.69, 9.17) is 0 Å². The number of alkyl halides is 3. The fraction of sp³-hybridized carbons (Fsp3) is 0.733. The summed E-state index contributed by atoms with van der Waals surface area (Å²) in [5.41, 5.74) is -4.07. The minimum Gasteiger partial charge on any atom is -0.374 e. The van der Waals surface area contributed by atoms with Crippen molar-refractivity contribution in [3.8, 4) is 0 Å². The molecule has 130 valence electrons. The summed E-state index contributed by atoms with van der Waals surface area (Å²) >= 11 is 0. The molecule has 0 spiro atoms. The highest BCUT2D eigenvalue weighted by Gasteiger charge is 2.61. The largest absolute Gasteiger partial charge is 0.425 e. The summed E-state index contributed by atoms with van der Waals surface area (Å²) < 4.78 is 41.5. The summed E-state index contributed by atoms with van der Waals surface area (Å²) in [7, 11) is 1.35. The monoisotopic (exact) mass is 333 g/mol. The molecule has 1 N–H and O–H groups in total. The van der Waals surface area contributed by atoms with Gasteiger partial charge in [-0.2, -0.15) is 13.2 Å². The van der Waals surface area contributed by atoms with Crippen molar-refractivity contribution in [2.45, 2.75) is 51.4 Å². The van der Waals surface area contributed by atoms with Gasteiger partial charge in [-0.25, -0.2) is 4.98 Å². The number of amides is 1. The van der Waals surface area contributed by atoms with Crippen LogP contribution in [0.25, 0.3) is 0 Å². The summed E-state index contributed by atoms with van der Waals surface area (Å²) in [4.78, 5) is 17.4. The van der Waals surface area contributed by atoms with Gasteiger partial charge in [-0.05, 0) is 13.8 Å². The molecule has 1 amide bonds. The fourth-order valence-corrected chi connectivity index (χ4v) is 2.84. The smallest absolute Gasteiger partial charge is 0.374 e. The molecular formula is C15H22F3N3O2. The number of halogens is 3. The van der Waals surface area contributed by atoms with E-state index in [1.807, 2.05) is 27.7 Å². The summed E-state index contributed by atoms with van der Waals surface area (Å²) in [6.07, 6.45) is -3.63. The third-order valence-corrected chi connectivity index (χ3v) is 5.25. The summed E-state index contributed by atoms with van der Waals surface area (Å²) in [5.74, 6) is -1.33. The summed E-state index contributed by atoms with van der Waals surface area (Å²) in [5, 5.41) is 10.3. The molecule has 2 heterocycles. The van der Waals surface area contributed by atoms with Crippen molar-refractivity contribution in [3.63, 3.8) is 0 Å². The van der Waals surface area contributed by atoms with Gasteiger partial charge in [0.1, 0.15) is 0 Å². The molecule has 0 radical (unpaired) electrons. The molecule has 1 unspecified atom stereocenters. The van der Waals surface area contributed by atoms with Crippen molar-refractivity contribution in [3.05, 3.63) is 18.2 Å². The second-order valence-corrected chi connectivity index (χ2v) is 7.32. The fourth-order valence-electron chi connectivity index (χ4n) is 2.84. The van der Waals surface area contributed by atoms with E-state index in [0.717, 1.165) is 10.8 Å². The number of carbonyl (C=O) groups is 1. The van der Waals surface area contributed by atoms with Crippen LogP contribution < -0.4 is 0 Å². The molecule has 23 heavy (non-hydrogen) atoms. The third-order valence-electron chi connectivity index (χ3n) is 5.25. The van der Waals surface area contributed by atoms with E-state index < -0.39 is 35.5 Å². The minimum absolute atomic E-state index is 0.192. The topological polar surface area (TPSA) is 58.4 Å². The van der Waals surface area contributed by atoms with Crippen molar-refractivity contribution in [1.29, 1.82) is 0 Å². The van der Waals surface area contributed by atoms with Crippen LogP contribution in [-0.2, 0) is 17.4 Å². The van der Waals surface area contributed by atoms with Crippen LogP contribution in [0, 0.1) is 5.41 Å². The first kappa shape index (κ1) is 17.8. The van der Waals surface area contributed by atoms with Crippen LogP contribution in [0.15, 0.2) is 12.4 Å². The predicted octanol–water partition coefficient (Wildman–Crippen LogP) is 2.21. The Kier molecular flexibility index (Phi) is 3.83. The normalized spacial score (nSPS) is 22.4. The van der Waals surface area contributed by atoms with Crippen LogP contribution in [0.2, 0.25) is 0 Å². The predicted molar refractivity (Wildman–Crippen MR) is 77.3 cm³/mol. The molecule has 0 bridgehead atoms. The molecule has 1 saturated heterocycles. The molecule has 5 nitrogen and oxygen atoms in total. The quantitative estimate of drug-likeness (QED) is 0.923. The standard InChI is InChI=1S/C15H22F3N3O2/c1-12(2)9-21(13(12,3)4)10(22)8-14(23,15(16,17)18)11-19-6-7-20(11)5/h6-7,23H,8-9H2,1-5H3. The molecular weight excluding hydrogens is 311 g/mol. The highest BCUT2D eigenvalue weighted by molar-refractivity contribution is 5.79. The van der Waals surface area contributed by atoms with Crippen molar-refractivity contribution in [2.75, 3.05) is 6.54 Å². The lowest BCUT2D eigenvalue weighted by atomic mass is 9.65. The number of aromatic nitrogens is 2. The lowest BCUT2D eigenvalue weighted by molar-refractivity contribution is -0.274. The van der Waals surface area contributed by atoms with Crippen LogP contribution in [0.3, 0.4) is 0 Å². The summed E-state index contributed by atoms with van der Waals surface area (Å²) in [6.45, 7) is 7.87. The number of likely N-dealkylation sites (tertiary alicyclic amines) is 1. The van der Waals surface area contributed by atoms with Crippen LogP contribution >= 0.6 is 0 Å². The molecule has 0 aliphatic carbocycles. The Morgan fingerprint density at radius 2 is 1.91 bits per heavy atom. The Morgan fingerprint density at radius 1 is 1.35 bits per heavy atom. The maximum absolute atomic E-state index is 13.5. The zero-order valence-corrected chi connectivity index (χ0v) is 13.9. The Morgan fingerprint density at radius 3 is 2.26 bits per heavy atom. The van der Waals surface area contributed by atoms with E-state index in [9.17, 15) is 23.1 Å². The van der Waals surface area contributed by atoms with Crippen LogP contribution in [0.4, 0.5) is 13.2 Å². The van der Waals surface area contributed by atoms with Gasteiger partial charge in [0, 0.05) is 36.9 Å².